The first-order valence-electron chi connectivity index (χ1n) is 5.00. The number of hydrogen-bond donors (Lipinski definition) is 1. The zero-order valence-corrected chi connectivity index (χ0v) is 11.0. The van der Waals surface area contributed by atoms with Gasteiger partial charge >= 0.3 is 5.97 Å². The maximum Gasteiger partial charge on any atom is 0.307 e. The molecular weight excluding hydrogens is 270 g/mol. The number of aliphatic carboxylic acids is 1. The lowest BCUT2D eigenvalue weighted by atomic mass is 10.0. The highest BCUT2D eigenvalue weighted by Gasteiger charge is 2.33. The molecule has 7 nitrogen and oxygen atoms in total. The summed E-state index contributed by atoms with van der Waals surface area (Å²) in [5.74, 6) is -1.80. The highest BCUT2D eigenvalue weighted by Crippen LogP contribution is 2.20. The smallest absolute Gasteiger partial charge is 0.307 e. The summed E-state index contributed by atoms with van der Waals surface area (Å²) in [5, 5.41) is 7.85. The third kappa shape index (κ3) is 4.25. The van der Waals surface area contributed by atoms with E-state index in [2.05, 4.69) is 0 Å². The van der Waals surface area contributed by atoms with Crippen LogP contribution in [0.25, 0.3) is 0 Å². The van der Waals surface area contributed by atoms with Crippen LogP contribution in [0.4, 0.5) is 0 Å². The molecule has 0 radical (unpaired) electrons. The molecule has 0 unspecified atom stereocenters. The summed E-state index contributed by atoms with van der Waals surface area (Å²) in [7, 11) is -7.57. The first kappa shape index (κ1) is 14.4. The third-order valence-corrected chi connectivity index (χ3v) is 6.51. The second kappa shape index (κ2) is 4.91. The topological polar surface area (TPSA) is 109 Å². The van der Waals surface area contributed by atoms with Crippen LogP contribution in [0.3, 0.4) is 0 Å². The Balaban J connectivity index is 2.82. The Labute approximate surface area is 100 Å². The molecule has 0 aromatic carbocycles. The van der Waals surface area contributed by atoms with E-state index >= 15 is 0 Å². The first-order chi connectivity index (χ1) is 7.62. The summed E-state index contributed by atoms with van der Waals surface area (Å²) < 4.78 is 46.4. The molecule has 1 aliphatic rings. The molecule has 1 heterocycles. The van der Waals surface area contributed by atoms with E-state index in [1.165, 1.54) is 0 Å². The minimum Gasteiger partial charge on any atom is -0.481 e. The minimum absolute atomic E-state index is 0.146. The van der Waals surface area contributed by atoms with E-state index < -0.39 is 36.8 Å². The number of rotatable bonds is 4. The molecule has 0 aromatic heterocycles. The number of carboxylic acids is 1. The van der Waals surface area contributed by atoms with Gasteiger partial charge in [0.2, 0.25) is 10.0 Å². The van der Waals surface area contributed by atoms with Crippen molar-refractivity contribution in [3.63, 3.8) is 0 Å². The van der Waals surface area contributed by atoms with Crippen molar-refractivity contribution in [3.05, 3.63) is 0 Å². The summed E-state index contributed by atoms with van der Waals surface area (Å²) in [4.78, 5) is 10.8. The molecule has 1 N–H and O–H groups in total. The van der Waals surface area contributed by atoms with Crippen LogP contribution in [0.5, 0.6) is 0 Å². The van der Waals surface area contributed by atoms with Gasteiger partial charge in [-0.2, -0.15) is 0 Å². The average molecular weight is 285 g/mol. The van der Waals surface area contributed by atoms with Crippen LogP contribution in [0.15, 0.2) is 0 Å². The molecule has 0 aromatic rings. The van der Waals surface area contributed by atoms with Gasteiger partial charge in [0.25, 0.3) is 0 Å². The van der Waals surface area contributed by atoms with Crippen molar-refractivity contribution in [2.75, 3.05) is 24.4 Å². The first-order valence-corrected chi connectivity index (χ1v) is 8.67. The number of sulfone groups is 1. The van der Waals surface area contributed by atoms with Crippen LogP contribution in [-0.4, -0.2) is 56.6 Å². The van der Waals surface area contributed by atoms with Gasteiger partial charge in [-0.25, -0.2) is 21.1 Å². The molecule has 9 heteroatoms. The fourth-order valence-electron chi connectivity index (χ4n) is 1.74. The third-order valence-electron chi connectivity index (χ3n) is 2.49. The molecular formula is C8H15NO6S2. The van der Waals surface area contributed by atoms with Gasteiger partial charge in [-0.15, -0.1) is 0 Å². The monoisotopic (exact) mass is 285 g/mol. The molecule has 0 saturated carbocycles. The lowest BCUT2D eigenvalue weighted by molar-refractivity contribution is -0.142. The van der Waals surface area contributed by atoms with Gasteiger partial charge in [0.15, 0.2) is 14.9 Å². The minimum atomic E-state index is -3.93. The van der Waals surface area contributed by atoms with Crippen LogP contribution in [-0.2, 0) is 24.7 Å². The molecule has 0 spiro atoms. The van der Waals surface area contributed by atoms with Crippen molar-refractivity contribution in [3.8, 4) is 0 Å². The van der Waals surface area contributed by atoms with Crippen LogP contribution in [0.1, 0.15) is 12.8 Å². The summed E-state index contributed by atoms with van der Waals surface area (Å²) in [6, 6.07) is 0. The van der Waals surface area contributed by atoms with Crippen molar-refractivity contribution in [2.45, 2.75) is 12.8 Å². The fourth-order valence-corrected chi connectivity index (χ4v) is 5.32. The van der Waals surface area contributed by atoms with Gasteiger partial charge in [0.05, 0.1) is 5.92 Å². The Bertz CT molecular complexity index is 494. The average Bonchev–Trinajstić information content (AvgIpc) is 2.14. The molecule has 17 heavy (non-hydrogen) atoms. The molecule has 0 amide bonds. The Kier molecular flexibility index (Phi) is 4.15. The summed E-state index contributed by atoms with van der Waals surface area (Å²) >= 11 is 0. The maximum atomic E-state index is 11.7. The molecule has 1 aliphatic heterocycles. The quantitative estimate of drug-likeness (QED) is 0.718. The van der Waals surface area contributed by atoms with E-state index in [-0.39, 0.29) is 13.1 Å². The van der Waals surface area contributed by atoms with E-state index in [9.17, 15) is 21.6 Å². The molecule has 1 atom stereocenters. The van der Waals surface area contributed by atoms with Crippen LogP contribution >= 0.6 is 0 Å². The second-order valence-electron chi connectivity index (χ2n) is 4.19. The van der Waals surface area contributed by atoms with Gasteiger partial charge in [0, 0.05) is 19.3 Å². The normalized spacial score (nSPS) is 23.5. The van der Waals surface area contributed by atoms with Gasteiger partial charge in [-0.05, 0) is 12.8 Å². The number of piperidine rings is 1. The van der Waals surface area contributed by atoms with Crippen molar-refractivity contribution in [1.29, 1.82) is 0 Å². The lowest BCUT2D eigenvalue weighted by Gasteiger charge is -2.29. The van der Waals surface area contributed by atoms with Gasteiger partial charge < -0.3 is 5.11 Å². The predicted octanol–water partition coefficient (Wildman–Crippen LogP) is -0.885. The molecule has 1 saturated heterocycles. The standard InChI is InChI=1S/C8H15NO6S2/c1-16(12,13)6-17(14,15)9-4-2-3-7(5-9)8(10)11/h7H,2-6H2,1H3,(H,10,11)/t7-/m0/s1. The van der Waals surface area contributed by atoms with Crippen LogP contribution in [0, 0.1) is 5.92 Å². The van der Waals surface area contributed by atoms with E-state index in [0.717, 1.165) is 10.6 Å². The zero-order chi connectivity index (χ0) is 13.3. The molecule has 1 fully saturated rings. The highest BCUT2D eigenvalue weighted by molar-refractivity contribution is 8.06. The Hall–Kier alpha value is -0.670. The molecule has 1 rings (SSSR count). The van der Waals surface area contributed by atoms with Gasteiger partial charge in [-0.3, -0.25) is 4.79 Å². The maximum absolute atomic E-state index is 11.7. The number of sulfonamides is 1. The number of hydrogen-bond acceptors (Lipinski definition) is 5. The van der Waals surface area contributed by atoms with Crippen LogP contribution < -0.4 is 0 Å². The zero-order valence-electron chi connectivity index (χ0n) is 9.37. The predicted molar refractivity (Wildman–Crippen MR) is 60.6 cm³/mol. The lowest BCUT2D eigenvalue weighted by Crippen LogP contribution is -2.44. The Morgan fingerprint density at radius 1 is 1.35 bits per heavy atom. The molecule has 0 aliphatic carbocycles. The number of carboxylic acid groups (broad SMARTS) is 1. The Morgan fingerprint density at radius 3 is 2.41 bits per heavy atom. The summed E-state index contributed by atoms with van der Waals surface area (Å²) in [6.07, 6.45) is 1.68. The van der Waals surface area contributed by atoms with Crippen molar-refractivity contribution in [2.24, 2.45) is 5.92 Å². The molecule has 0 bridgehead atoms. The second-order valence-corrected chi connectivity index (χ2v) is 8.67. The van der Waals surface area contributed by atoms with Gasteiger partial charge in [-0.1, -0.05) is 0 Å². The van der Waals surface area contributed by atoms with Crippen molar-refractivity contribution in [1.82, 2.24) is 4.31 Å². The summed E-state index contributed by atoms with van der Waals surface area (Å²) in [6.45, 7) is 0.0365. The highest BCUT2D eigenvalue weighted by atomic mass is 32.3. The summed E-state index contributed by atoms with van der Waals surface area (Å²) in [5.41, 5.74) is 0. The van der Waals surface area contributed by atoms with E-state index in [0.29, 0.717) is 12.8 Å². The van der Waals surface area contributed by atoms with Crippen molar-refractivity contribution < 1.29 is 26.7 Å². The molecule has 100 valence electrons. The van der Waals surface area contributed by atoms with E-state index in [4.69, 9.17) is 5.11 Å². The Morgan fingerprint density at radius 2 is 1.94 bits per heavy atom. The van der Waals surface area contributed by atoms with Crippen molar-refractivity contribution >= 4 is 25.8 Å². The number of carbonyl (C=O) groups is 1. The van der Waals surface area contributed by atoms with E-state index in [1.807, 2.05) is 0 Å². The number of nitrogens with zero attached hydrogens (tertiary/aromatic N) is 1. The van der Waals surface area contributed by atoms with E-state index in [1.54, 1.807) is 0 Å². The largest absolute Gasteiger partial charge is 0.481 e. The van der Waals surface area contributed by atoms with Crippen LogP contribution in [0.2, 0.25) is 0 Å². The fraction of sp³-hybridized carbons (Fsp3) is 0.875. The SMILES string of the molecule is CS(=O)(=O)CS(=O)(=O)N1CCC[C@H](C(=O)O)C1. The van der Waals surface area contributed by atoms with Gasteiger partial charge in [0.1, 0.15) is 0 Å².